The summed E-state index contributed by atoms with van der Waals surface area (Å²) in [7, 11) is 0. The van der Waals surface area contributed by atoms with E-state index in [-0.39, 0.29) is 11.5 Å². The van der Waals surface area contributed by atoms with Crippen LogP contribution in [0.3, 0.4) is 0 Å². The number of anilines is 1. The second kappa shape index (κ2) is 7.21. The Morgan fingerprint density at radius 1 is 1.20 bits per heavy atom. The molecule has 25 heavy (non-hydrogen) atoms. The van der Waals surface area contributed by atoms with Crippen molar-refractivity contribution in [1.82, 2.24) is 15.0 Å². The van der Waals surface area contributed by atoms with E-state index in [1.807, 2.05) is 0 Å². The number of hydrogen-bond donors (Lipinski definition) is 1. The second-order valence-electron chi connectivity index (χ2n) is 5.40. The molecule has 0 saturated heterocycles. The van der Waals surface area contributed by atoms with E-state index in [1.54, 1.807) is 49.4 Å². The molecule has 1 amide bonds. The molecule has 1 heterocycles. The lowest BCUT2D eigenvalue weighted by Gasteiger charge is -2.16. The molecular formula is C17H14Cl2N4O2. The van der Waals surface area contributed by atoms with Gasteiger partial charge in [0, 0.05) is 5.69 Å². The maximum Gasteiger partial charge on any atom is 0.278 e. The van der Waals surface area contributed by atoms with Crippen molar-refractivity contribution in [1.29, 1.82) is 0 Å². The lowest BCUT2D eigenvalue weighted by atomic mass is 10.2. The first-order valence-corrected chi connectivity index (χ1v) is 8.37. The van der Waals surface area contributed by atoms with Crippen molar-refractivity contribution in [2.24, 2.45) is 0 Å². The van der Waals surface area contributed by atoms with Crippen LogP contribution in [-0.2, 0) is 4.79 Å². The lowest BCUT2D eigenvalue weighted by Crippen LogP contribution is -2.35. The summed E-state index contributed by atoms with van der Waals surface area (Å²) in [6.45, 7) is 1.79. The maximum atomic E-state index is 12.6. The highest BCUT2D eigenvalue weighted by molar-refractivity contribution is 6.42. The molecule has 1 atom stereocenters. The van der Waals surface area contributed by atoms with Crippen molar-refractivity contribution in [3.05, 3.63) is 62.9 Å². The van der Waals surface area contributed by atoms with Crippen LogP contribution in [0.15, 0.2) is 47.3 Å². The van der Waals surface area contributed by atoms with Gasteiger partial charge in [0.25, 0.3) is 5.56 Å². The maximum absolute atomic E-state index is 12.6. The molecule has 0 aliphatic heterocycles. The molecule has 128 valence electrons. The van der Waals surface area contributed by atoms with E-state index in [1.165, 1.54) is 0 Å². The summed E-state index contributed by atoms with van der Waals surface area (Å²) in [5.41, 5.74) is 0.616. The number of hydrogen-bond acceptors (Lipinski definition) is 4. The molecule has 0 unspecified atom stereocenters. The second-order valence-corrected chi connectivity index (χ2v) is 6.21. The normalized spacial score (nSPS) is 12.1. The van der Waals surface area contributed by atoms with Gasteiger partial charge in [-0.15, -0.1) is 5.10 Å². The predicted octanol–water partition coefficient (Wildman–Crippen LogP) is 3.69. The average Bonchev–Trinajstić information content (AvgIpc) is 2.61. The topological polar surface area (TPSA) is 76.9 Å². The molecule has 0 bridgehead atoms. The fourth-order valence-corrected chi connectivity index (χ4v) is 2.77. The van der Waals surface area contributed by atoms with Gasteiger partial charge in [-0.1, -0.05) is 47.5 Å². The van der Waals surface area contributed by atoms with Crippen LogP contribution in [0.2, 0.25) is 10.0 Å². The van der Waals surface area contributed by atoms with Crippen molar-refractivity contribution < 1.29 is 4.79 Å². The van der Waals surface area contributed by atoms with Crippen molar-refractivity contribution >= 4 is 45.7 Å². The van der Waals surface area contributed by atoms with Crippen molar-refractivity contribution in [3.8, 4) is 0 Å². The summed E-state index contributed by atoms with van der Waals surface area (Å²) in [6, 6.07) is 10.8. The molecule has 3 rings (SSSR count). The van der Waals surface area contributed by atoms with Gasteiger partial charge in [0.05, 0.1) is 15.4 Å². The summed E-state index contributed by atoms with van der Waals surface area (Å²) < 4.78 is 1.11. The Hall–Kier alpha value is -2.44. The van der Waals surface area contributed by atoms with Crippen molar-refractivity contribution in [2.45, 2.75) is 19.4 Å². The van der Waals surface area contributed by atoms with E-state index >= 15 is 0 Å². The van der Waals surface area contributed by atoms with Gasteiger partial charge in [-0.05, 0) is 36.8 Å². The number of halogens is 2. The Kier molecular flexibility index (Phi) is 5.01. The predicted molar refractivity (Wildman–Crippen MR) is 98.2 cm³/mol. The highest BCUT2D eigenvalue weighted by Crippen LogP contribution is 2.25. The number of benzene rings is 2. The zero-order chi connectivity index (χ0) is 18.0. The molecule has 0 fully saturated rings. The van der Waals surface area contributed by atoms with Crippen molar-refractivity contribution in [3.63, 3.8) is 0 Å². The molecule has 0 aliphatic carbocycles. The lowest BCUT2D eigenvalue weighted by molar-refractivity contribution is -0.119. The molecule has 1 aromatic heterocycles. The summed E-state index contributed by atoms with van der Waals surface area (Å²) in [5.74, 6) is -0.382. The van der Waals surface area contributed by atoms with E-state index in [9.17, 15) is 9.59 Å². The fourth-order valence-electron chi connectivity index (χ4n) is 2.47. The van der Waals surface area contributed by atoms with Crippen molar-refractivity contribution in [2.75, 3.05) is 5.32 Å². The zero-order valence-electron chi connectivity index (χ0n) is 13.2. The van der Waals surface area contributed by atoms with Gasteiger partial charge < -0.3 is 5.32 Å². The van der Waals surface area contributed by atoms with Gasteiger partial charge in [-0.3, -0.25) is 9.59 Å². The number of fused-ring (bicyclic) bond motifs is 1. The van der Waals surface area contributed by atoms with Crippen LogP contribution in [-0.4, -0.2) is 20.9 Å². The molecular weight excluding hydrogens is 363 g/mol. The number of nitrogens with one attached hydrogen (secondary N) is 1. The molecule has 0 spiro atoms. The molecule has 6 nitrogen and oxygen atoms in total. The van der Waals surface area contributed by atoms with Crippen LogP contribution in [0.5, 0.6) is 0 Å². The van der Waals surface area contributed by atoms with Crippen LogP contribution < -0.4 is 10.9 Å². The third kappa shape index (κ3) is 3.50. The minimum absolute atomic E-state index is 0.329. The van der Waals surface area contributed by atoms with Crippen LogP contribution in [0.4, 0.5) is 5.69 Å². The van der Waals surface area contributed by atoms with Gasteiger partial charge >= 0.3 is 0 Å². The molecule has 0 saturated carbocycles. The molecule has 1 N–H and O–H groups in total. The van der Waals surface area contributed by atoms with Crippen LogP contribution >= 0.6 is 23.2 Å². The summed E-state index contributed by atoms with van der Waals surface area (Å²) in [6.07, 6.45) is 0.375. The molecule has 2 aromatic carbocycles. The zero-order valence-corrected chi connectivity index (χ0v) is 14.8. The van der Waals surface area contributed by atoms with E-state index in [0.29, 0.717) is 33.1 Å². The molecule has 0 radical (unpaired) electrons. The molecule has 8 heteroatoms. The van der Waals surface area contributed by atoms with Gasteiger partial charge in [-0.25, -0.2) is 0 Å². The van der Waals surface area contributed by atoms with Crippen LogP contribution in [0.25, 0.3) is 10.9 Å². The Balaban J connectivity index is 1.94. The SMILES string of the molecule is CC[C@H](C(=O)Nc1ccc(Cl)c(Cl)c1)n1nnc2ccccc2c1=O. The number of aromatic nitrogens is 3. The van der Waals surface area contributed by atoms with Gasteiger partial charge in [0.1, 0.15) is 11.6 Å². The third-order valence-electron chi connectivity index (χ3n) is 3.76. The monoisotopic (exact) mass is 376 g/mol. The van der Waals surface area contributed by atoms with Gasteiger partial charge in [-0.2, -0.15) is 4.68 Å². The highest BCUT2D eigenvalue weighted by Gasteiger charge is 2.22. The summed E-state index contributed by atoms with van der Waals surface area (Å²) in [5, 5.41) is 11.8. The van der Waals surface area contributed by atoms with E-state index in [0.717, 1.165) is 4.68 Å². The quantitative estimate of drug-likeness (QED) is 0.752. The Labute approximate surface area is 153 Å². The fraction of sp³-hybridized carbons (Fsp3) is 0.176. The van der Waals surface area contributed by atoms with Crippen LogP contribution in [0, 0.1) is 0 Å². The molecule has 0 aliphatic rings. The first-order valence-electron chi connectivity index (χ1n) is 7.61. The Morgan fingerprint density at radius 2 is 1.96 bits per heavy atom. The summed E-state index contributed by atoms with van der Waals surface area (Å²) in [4.78, 5) is 25.2. The summed E-state index contributed by atoms with van der Waals surface area (Å²) >= 11 is 11.8. The van der Waals surface area contributed by atoms with Crippen LogP contribution in [0.1, 0.15) is 19.4 Å². The smallest absolute Gasteiger partial charge is 0.278 e. The number of carbonyl (C=O) groups is 1. The first-order chi connectivity index (χ1) is 12.0. The number of amides is 1. The van der Waals surface area contributed by atoms with Gasteiger partial charge in [0.15, 0.2) is 0 Å². The first kappa shape index (κ1) is 17.4. The number of carbonyl (C=O) groups excluding carboxylic acids is 1. The van der Waals surface area contributed by atoms with E-state index in [4.69, 9.17) is 23.2 Å². The highest BCUT2D eigenvalue weighted by atomic mass is 35.5. The van der Waals surface area contributed by atoms with Gasteiger partial charge in [0.2, 0.25) is 5.91 Å². The molecule has 3 aromatic rings. The minimum atomic E-state index is -0.793. The average molecular weight is 377 g/mol. The minimum Gasteiger partial charge on any atom is -0.324 e. The van der Waals surface area contributed by atoms with E-state index < -0.39 is 6.04 Å². The standard InChI is InChI=1S/C17H14Cl2N4O2/c1-2-15(16(24)20-10-7-8-12(18)13(19)9-10)23-17(25)11-5-3-4-6-14(11)21-22-23/h3-9,15H,2H2,1H3,(H,20,24)/t15-/m1/s1. The number of nitrogens with zero attached hydrogens (tertiary/aromatic N) is 3. The number of rotatable bonds is 4. The Bertz CT molecular complexity index is 1000. The Morgan fingerprint density at radius 3 is 2.68 bits per heavy atom. The van der Waals surface area contributed by atoms with E-state index in [2.05, 4.69) is 15.6 Å². The third-order valence-corrected chi connectivity index (χ3v) is 4.50. The largest absolute Gasteiger partial charge is 0.324 e.